The second-order valence-corrected chi connectivity index (χ2v) is 8.73. The van der Waals surface area contributed by atoms with Crippen molar-refractivity contribution < 1.29 is 17.9 Å². The number of benzene rings is 2. The van der Waals surface area contributed by atoms with Gasteiger partial charge >= 0.3 is 0 Å². The third-order valence-electron chi connectivity index (χ3n) is 4.42. The standard InChI is InChI=1S/C19H23ClN2O4S/c1-13-6-8-16(10-14(13)2)22(4)19(23)12-21(3)27(24,25)18-11-15(20)7-9-17(18)26-5/h6-11H,12H2,1-5H3. The van der Waals surface area contributed by atoms with Crippen molar-refractivity contribution in [1.82, 2.24) is 4.31 Å². The minimum absolute atomic E-state index is 0.0818. The fourth-order valence-electron chi connectivity index (χ4n) is 2.48. The van der Waals surface area contributed by atoms with Crippen LogP contribution < -0.4 is 9.64 Å². The maximum absolute atomic E-state index is 12.9. The molecule has 27 heavy (non-hydrogen) atoms. The van der Waals surface area contributed by atoms with Gasteiger partial charge in [0.2, 0.25) is 15.9 Å². The van der Waals surface area contributed by atoms with E-state index >= 15 is 0 Å². The largest absolute Gasteiger partial charge is 0.495 e. The molecule has 2 aromatic carbocycles. The molecule has 0 atom stereocenters. The zero-order valence-electron chi connectivity index (χ0n) is 16.0. The number of halogens is 1. The van der Waals surface area contributed by atoms with Crippen molar-refractivity contribution in [2.45, 2.75) is 18.7 Å². The molecule has 1 amide bonds. The van der Waals surface area contributed by atoms with Crippen LogP contribution in [0.1, 0.15) is 11.1 Å². The highest BCUT2D eigenvalue weighted by molar-refractivity contribution is 7.89. The molecular weight excluding hydrogens is 388 g/mol. The molecule has 0 N–H and O–H groups in total. The Kier molecular flexibility index (Phi) is 6.51. The van der Waals surface area contributed by atoms with Gasteiger partial charge < -0.3 is 9.64 Å². The Morgan fingerprint density at radius 3 is 2.33 bits per heavy atom. The van der Waals surface area contributed by atoms with E-state index in [-0.39, 0.29) is 28.1 Å². The first-order valence-corrected chi connectivity index (χ1v) is 10.0. The highest BCUT2D eigenvalue weighted by Crippen LogP contribution is 2.29. The van der Waals surface area contributed by atoms with Gasteiger partial charge in [-0.3, -0.25) is 4.79 Å². The molecule has 0 aliphatic carbocycles. The fourth-order valence-corrected chi connectivity index (χ4v) is 4.01. The average Bonchev–Trinajstić information content (AvgIpc) is 2.63. The molecule has 0 saturated heterocycles. The molecule has 2 aromatic rings. The molecule has 0 spiro atoms. The molecule has 0 radical (unpaired) electrons. The predicted octanol–water partition coefficient (Wildman–Crippen LogP) is 3.25. The lowest BCUT2D eigenvalue weighted by molar-refractivity contribution is -0.118. The molecule has 0 aliphatic rings. The molecule has 0 aromatic heterocycles. The van der Waals surface area contributed by atoms with Crippen LogP contribution in [0.25, 0.3) is 0 Å². The van der Waals surface area contributed by atoms with E-state index < -0.39 is 10.0 Å². The van der Waals surface area contributed by atoms with E-state index in [0.29, 0.717) is 5.69 Å². The van der Waals surface area contributed by atoms with Crippen LogP contribution in [-0.4, -0.2) is 46.4 Å². The van der Waals surface area contributed by atoms with Crippen LogP contribution in [0.2, 0.25) is 5.02 Å². The van der Waals surface area contributed by atoms with Gasteiger partial charge in [-0.05, 0) is 55.3 Å². The lowest BCUT2D eigenvalue weighted by Crippen LogP contribution is -2.39. The van der Waals surface area contributed by atoms with E-state index in [1.165, 1.54) is 37.3 Å². The Balaban J connectivity index is 2.24. The molecule has 0 bridgehead atoms. The van der Waals surface area contributed by atoms with E-state index in [4.69, 9.17) is 16.3 Å². The van der Waals surface area contributed by atoms with Crippen molar-refractivity contribution in [1.29, 1.82) is 0 Å². The fraction of sp³-hybridized carbons (Fsp3) is 0.316. The number of methoxy groups -OCH3 is 1. The van der Waals surface area contributed by atoms with Gasteiger partial charge in [-0.25, -0.2) is 8.42 Å². The van der Waals surface area contributed by atoms with E-state index in [1.807, 2.05) is 32.0 Å². The summed E-state index contributed by atoms with van der Waals surface area (Å²) in [4.78, 5) is 14.0. The first-order valence-electron chi connectivity index (χ1n) is 8.21. The Bertz CT molecular complexity index is 960. The molecule has 2 rings (SSSR count). The molecule has 8 heteroatoms. The number of carbonyl (C=O) groups excluding carboxylic acids is 1. The SMILES string of the molecule is COc1ccc(Cl)cc1S(=O)(=O)N(C)CC(=O)N(C)c1ccc(C)c(C)c1. The van der Waals surface area contributed by atoms with Gasteiger partial charge in [-0.1, -0.05) is 17.7 Å². The van der Waals surface area contributed by atoms with E-state index in [2.05, 4.69) is 0 Å². The van der Waals surface area contributed by atoms with Crippen LogP contribution in [0.4, 0.5) is 5.69 Å². The number of rotatable bonds is 6. The third-order valence-corrected chi connectivity index (χ3v) is 6.48. The lowest BCUT2D eigenvalue weighted by Gasteiger charge is -2.23. The summed E-state index contributed by atoms with van der Waals surface area (Å²) < 4.78 is 31.9. The van der Waals surface area contributed by atoms with Gasteiger partial charge in [0.1, 0.15) is 10.6 Å². The molecule has 0 saturated carbocycles. The number of aryl methyl sites for hydroxylation is 2. The first kappa shape index (κ1) is 21.2. The zero-order chi connectivity index (χ0) is 20.4. The number of nitrogens with zero attached hydrogens (tertiary/aromatic N) is 2. The molecule has 0 aliphatic heterocycles. The topological polar surface area (TPSA) is 66.9 Å². The maximum Gasteiger partial charge on any atom is 0.247 e. The van der Waals surface area contributed by atoms with Crippen molar-refractivity contribution in [3.05, 3.63) is 52.5 Å². The van der Waals surface area contributed by atoms with E-state index in [9.17, 15) is 13.2 Å². The van der Waals surface area contributed by atoms with Crippen LogP contribution >= 0.6 is 11.6 Å². The molecule has 6 nitrogen and oxygen atoms in total. The Morgan fingerprint density at radius 1 is 1.07 bits per heavy atom. The monoisotopic (exact) mass is 410 g/mol. The van der Waals surface area contributed by atoms with Crippen molar-refractivity contribution in [2.75, 3.05) is 32.6 Å². The van der Waals surface area contributed by atoms with Crippen molar-refractivity contribution in [3.8, 4) is 5.75 Å². The minimum Gasteiger partial charge on any atom is -0.495 e. The summed E-state index contributed by atoms with van der Waals surface area (Å²) in [5.41, 5.74) is 2.87. The highest BCUT2D eigenvalue weighted by atomic mass is 35.5. The van der Waals surface area contributed by atoms with Crippen LogP contribution in [0, 0.1) is 13.8 Å². The number of hydrogen-bond acceptors (Lipinski definition) is 4. The van der Waals surface area contributed by atoms with Gasteiger partial charge in [-0.15, -0.1) is 0 Å². The Hall–Kier alpha value is -2.09. The minimum atomic E-state index is -3.95. The Morgan fingerprint density at radius 2 is 1.74 bits per heavy atom. The van der Waals surface area contributed by atoms with Gasteiger partial charge in [0.25, 0.3) is 0 Å². The zero-order valence-corrected chi connectivity index (χ0v) is 17.6. The smallest absolute Gasteiger partial charge is 0.247 e. The summed E-state index contributed by atoms with van der Waals surface area (Å²) in [5, 5.41) is 0.265. The summed E-state index contributed by atoms with van der Waals surface area (Å²) in [6.07, 6.45) is 0. The van der Waals surface area contributed by atoms with E-state index in [1.54, 1.807) is 7.05 Å². The van der Waals surface area contributed by atoms with Crippen LogP contribution in [0.5, 0.6) is 5.75 Å². The lowest BCUT2D eigenvalue weighted by atomic mass is 10.1. The summed E-state index contributed by atoms with van der Waals surface area (Å²) >= 11 is 5.93. The van der Waals surface area contributed by atoms with Crippen molar-refractivity contribution >= 4 is 33.2 Å². The number of hydrogen-bond donors (Lipinski definition) is 0. The number of likely N-dealkylation sites (N-methyl/N-ethyl adjacent to an activating group) is 2. The molecule has 146 valence electrons. The summed E-state index contributed by atoms with van der Waals surface area (Å²) in [6, 6.07) is 9.97. The summed E-state index contributed by atoms with van der Waals surface area (Å²) in [6.45, 7) is 3.63. The van der Waals surface area contributed by atoms with Crippen molar-refractivity contribution in [2.24, 2.45) is 0 Å². The highest BCUT2D eigenvalue weighted by Gasteiger charge is 2.28. The maximum atomic E-state index is 12.9. The van der Waals surface area contributed by atoms with Crippen LogP contribution in [-0.2, 0) is 14.8 Å². The average molecular weight is 411 g/mol. The quantitative estimate of drug-likeness (QED) is 0.733. The summed E-state index contributed by atoms with van der Waals surface area (Å²) in [7, 11) is 0.389. The predicted molar refractivity (Wildman–Crippen MR) is 107 cm³/mol. The van der Waals surface area contributed by atoms with Crippen LogP contribution in [0.3, 0.4) is 0 Å². The number of amides is 1. The normalized spacial score (nSPS) is 11.5. The second-order valence-electron chi connectivity index (χ2n) is 6.28. The third kappa shape index (κ3) is 4.61. The number of sulfonamides is 1. The van der Waals surface area contributed by atoms with Gasteiger partial charge in [-0.2, -0.15) is 4.31 Å². The van der Waals surface area contributed by atoms with Gasteiger partial charge in [0.05, 0.1) is 13.7 Å². The van der Waals surface area contributed by atoms with E-state index in [0.717, 1.165) is 15.4 Å². The second kappa shape index (κ2) is 8.29. The molecular formula is C19H23ClN2O4S. The van der Waals surface area contributed by atoms with Gasteiger partial charge in [0, 0.05) is 24.8 Å². The number of carbonyl (C=O) groups is 1. The molecule has 0 unspecified atom stereocenters. The van der Waals surface area contributed by atoms with Crippen molar-refractivity contribution in [3.63, 3.8) is 0 Å². The molecule has 0 heterocycles. The Labute approximate surface area is 165 Å². The van der Waals surface area contributed by atoms with Gasteiger partial charge in [0.15, 0.2) is 0 Å². The summed E-state index contributed by atoms with van der Waals surface area (Å²) in [5.74, 6) is -0.188. The molecule has 0 fully saturated rings. The first-order chi connectivity index (χ1) is 12.6. The number of anilines is 1. The van der Waals surface area contributed by atoms with Crippen LogP contribution in [0.15, 0.2) is 41.3 Å². The number of ether oxygens (including phenoxy) is 1.